The fraction of sp³-hybridized carbons (Fsp3) is 0.118. The first-order chi connectivity index (χ1) is 10.4. The molecule has 0 radical (unpaired) electrons. The van der Waals surface area contributed by atoms with Gasteiger partial charge in [0.05, 0.1) is 22.5 Å². The lowest BCUT2D eigenvalue weighted by molar-refractivity contribution is 0.910. The summed E-state index contributed by atoms with van der Waals surface area (Å²) in [4.78, 5) is 14.6. The largest absolute Gasteiger partial charge is 0.255 e. The molecule has 0 atom stereocenters. The molecule has 0 amide bonds. The Labute approximate surface area is 127 Å². The van der Waals surface area contributed by atoms with E-state index in [9.17, 15) is 0 Å². The second kappa shape index (κ2) is 5.22. The van der Waals surface area contributed by atoms with Gasteiger partial charge in [0.2, 0.25) is 5.13 Å². The van der Waals surface area contributed by atoms with Gasteiger partial charge in [0.1, 0.15) is 0 Å². The van der Waals surface area contributed by atoms with E-state index in [0.29, 0.717) is 0 Å². The Morgan fingerprint density at radius 2 is 1.95 bits per heavy atom. The van der Waals surface area contributed by atoms with Gasteiger partial charge in [-0.05, 0) is 36.1 Å². The lowest BCUT2D eigenvalue weighted by Gasteiger charge is -2.13. The highest BCUT2D eigenvalue weighted by Crippen LogP contribution is 2.40. The van der Waals surface area contributed by atoms with E-state index in [-0.39, 0.29) is 0 Å². The Kier molecular flexibility index (Phi) is 3.09. The molecular formula is C17H13N3S. The second-order valence-electron chi connectivity index (χ2n) is 4.94. The molecule has 0 N–H and O–H groups in total. The number of rotatable bonds is 2. The number of aliphatic imine (C=N–C) groups is 1. The minimum Gasteiger partial charge on any atom is -0.255 e. The zero-order valence-electron chi connectivity index (χ0n) is 11.4. The molecule has 0 bridgehead atoms. The number of thiazole rings is 1. The summed E-state index contributed by atoms with van der Waals surface area (Å²) in [5.41, 5.74) is 4.75. The van der Waals surface area contributed by atoms with Gasteiger partial charge in [-0.1, -0.05) is 41.7 Å². The van der Waals surface area contributed by atoms with E-state index in [1.54, 1.807) is 23.7 Å². The van der Waals surface area contributed by atoms with E-state index in [4.69, 9.17) is 0 Å². The van der Waals surface area contributed by atoms with Crippen LogP contribution in [0.2, 0.25) is 0 Å². The van der Waals surface area contributed by atoms with Crippen molar-refractivity contribution in [2.75, 3.05) is 0 Å². The van der Waals surface area contributed by atoms with Gasteiger partial charge in [-0.15, -0.1) is 0 Å². The minimum atomic E-state index is 0.808. The van der Waals surface area contributed by atoms with Gasteiger partial charge >= 0.3 is 0 Å². The summed E-state index contributed by atoms with van der Waals surface area (Å²) in [7, 11) is 0. The van der Waals surface area contributed by atoms with Crippen molar-refractivity contribution in [3.05, 3.63) is 65.6 Å². The number of fused-ring (bicyclic) bond motifs is 3. The zero-order valence-corrected chi connectivity index (χ0v) is 12.2. The van der Waals surface area contributed by atoms with E-state index >= 15 is 0 Å². The molecular weight excluding hydrogens is 278 g/mol. The van der Waals surface area contributed by atoms with E-state index < -0.39 is 0 Å². The third-order valence-corrected chi connectivity index (χ3v) is 4.61. The number of aromatic nitrogens is 2. The first-order valence-corrected chi connectivity index (χ1v) is 7.75. The highest BCUT2D eigenvalue weighted by molar-refractivity contribution is 7.18. The molecule has 1 aliphatic rings. The van der Waals surface area contributed by atoms with Crippen molar-refractivity contribution in [3.8, 4) is 10.4 Å². The van der Waals surface area contributed by atoms with Crippen LogP contribution in [0.15, 0.2) is 53.7 Å². The topological polar surface area (TPSA) is 38.1 Å². The normalized spacial score (nSPS) is 13.1. The fourth-order valence-electron chi connectivity index (χ4n) is 2.56. The minimum absolute atomic E-state index is 0.808. The average molecular weight is 291 g/mol. The van der Waals surface area contributed by atoms with Crippen molar-refractivity contribution in [2.45, 2.75) is 12.8 Å². The van der Waals surface area contributed by atoms with Crippen LogP contribution in [-0.2, 0) is 12.8 Å². The van der Waals surface area contributed by atoms with E-state index in [2.05, 4.69) is 39.2 Å². The van der Waals surface area contributed by atoms with Gasteiger partial charge in [0, 0.05) is 6.20 Å². The summed E-state index contributed by atoms with van der Waals surface area (Å²) < 4.78 is 0. The predicted molar refractivity (Wildman–Crippen MR) is 86.4 cm³/mol. The summed E-state index contributed by atoms with van der Waals surface area (Å²) in [5, 5.41) is 0.808. The number of pyridine rings is 1. The van der Waals surface area contributed by atoms with Crippen LogP contribution in [0.4, 0.5) is 5.13 Å². The van der Waals surface area contributed by atoms with Crippen molar-refractivity contribution in [2.24, 2.45) is 4.99 Å². The third kappa shape index (κ3) is 2.38. The van der Waals surface area contributed by atoms with Crippen LogP contribution in [0.5, 0.6) is 0 Å². The van der Waals surface area contributed by atoms with Crippen LogP contribution in [0.1, 0.15) is 17.0 Å². The number of benzene rings is 1. The molecule has 2 aromatic heterocycles. The van der Waals surface area contributed by atoms with Crippen molar-refractivity contribution in [1.29, 1.82) is 0 Å². The van der Waals surface area contributed by atoms with Crippen molar-refractivity contribution in [3.63, 3.8) is 0 Å². The Hall–Kier alpha value is -2.33. The maximum atomic E-state index is 4.66. The van der Waals surface area contributed by atoms with Crippen LogP contribution in [0.3, 0.4) is 0 Å². The molecule has 4 heteroatoms. The van der Waals surface area contributed by atoms with Crippen molar-refractivity contribution in [1.82, 2.24) is 9.97 Å². The lowest BCUT2D eigenvalue weighted by atomic mass is 9.94. The standard InChI is InChI=1S/C17H13N3S/c1-2-7-14-12(5-1)8-9-15-16(14)21-17(20-15)19-11-13-6-3-4-10-18-13/h1-7,10-11H,8-9H2. The lowest BCUT2D eigenvalue weighted by Crippen LogP contribution is -2.01. The summed E-state index contributed by atoms with van der Waals surface area (Å²) in [5.74, 6) is 0. The van der Waals surface area contributed by atoms with Crippen molar-refractivity contribution < 1.29 is 0 Å². The zero-order chi connectivity index (χ0) is 14.1. The Bertz CT molecular complexity index is 806. The molecule has 2 heterocycles. The number of hydrogen-bond acceptors (Lipinski definition) is 4. The van der Waals surface area contributed by atoms with Crippen LogP contribution in [0, 0.1) is 0 Å². The molecule has 102 valence electrons. The van der Waals surface area contributed by atoms with E-state index in [1.165, 1.54) is 21.7 Å². The summed E-state index contributed by atoms with van der Waals surface area (Å²) in [6, 6.07) is 14.4. The molecule has 3 nitrogen and oxygen atoms in total. The first-order valence-electron chi connectivity index (χ1n) is 6.93. The monoisotopic (exact) mass is 291 g/mol. The Morgan fingerprint density at radius 3 is 2.86 bits per heavy atom. The SMILES string of the molecule is C(=Nc1nc2c(s1)-c1ccccc1CC2)c1ccccn1. The molecule has 0 unspecified atom stereocenters. The summed E-state index contributed by atoms with van der Waals surface area (Å²) in [6.07, 6.45) is 5.61. The van der Waals surface area contributed by atoms with Crippen LogP contribution < -0.4 is 0 Å². The van der Waals surface area contributed by atoms with E-state index in [0.717, 1.165) is 23.7 Å². The van der Waals surface area contributed by atoms with E-state index in [1.807, 2.05) is 18.2 Å². The molecule has 0 aliphatic heterocycles. The van der Waals surface area contributed by atoms with Crippen LogP contribution in [0.25, 0.3) is 10.4 Å². The summed E-state index contributed by atoms with van der Waals surface area (Å²) in [6.45, 7) is 0. The number of hydrogen-bond donors (Lipinski definition) is 0. The number of aryl methyl sites for hydroxylation is 2. The first kappa shape index (κ1) is 12.4. The van der Waals surface area contributed by atoms with Crippen LogP contribution in [-0.4, -0.2) is 16.2 Å². The van der Waals surface area contributed by atoms with Gasteiger partial charge in [0.25, 0.3) is 0 Å². The number of nitrogens with zero attached hydrogens (tertiary/aromatic N) is 3. The highest BCUT2D eigenvalue weighted by atomic mass is 32.1. The Balaban J connectivity index is 1.69. The maximum absolute atomic E-state index is 4.66. The van der Waals surface area contributed by atoms with Gasteiger partial charge in [0.15, 0.2) is 0 Å². The third-order valence-electron chi connectivity index (χ3n) is 3.57. The molecule has 3 aromatic rings. The predicted octanol–water partition coefficient (Wildman–Crippen LogP) is 4.05. The summed E-state index contributed by atoms with van der Waals surface area (Å²) >= 11 is 1.66. The highest BCUT2D eigenvalue weighted by Gasteiger charge is 2.19. The van der Waals surface area contributed by atoms with Gasteiger partial charge < -0.3 is 0 Å². The molecule has 1 aliphatic carbocycles. The molecule has 0 saturated carbocycles. The molecule has 1 aromatic carbocycles. The molecule has 0 saturated heterocycles. The molecule has 21 heavy (non-hydrogen) atoms. The molecule has 0 fully saturated rings. The quantitative estimate of drug-likeness (QED) is 0.668. The molecule has 4 rings (SSSR count). The average Bonchev–Trinajstić information content (AvgIpc) is 2.97. The van der Waals surface area contributed by atoms with Crippen LogP contribution >= 0.6 is 11.3 Å². The molecule has 0 spiro atoms. The Morgan fingerprint density at radius 1 is 1.05 bits per heavy atom. The fourth-order valence-corrected chi connectivity index (χ4v) is 3.58. The van der Waals surface area contributed by atoms with Gasteiger partial charge in [-0.3, -0.25) is 4.98 Å². The van der Waals surface area contributed by atoms with Gasteiger partial charge in [-0.2, -0.15) is 0 Å². The second-order valence-corrected chi connectivity index (χ2v) is 5.92. The van der Waals surface area contributed by atoms with Crippen molar-refractivity contribution >= 4 is 22.7 Å². The smallest absolute Gasteiger partial charge is 0.209 e. The maximum Gasteiger partial charge on any atom is 0.209 e. The van der Waals surface area contributed by atoms with Gasteiger partial charge in [-0.25, -0.2) is 9.98 Å².